The van der Waals surface area contributed by atoms with Gasteiger partial charge in [-0.05, 0) is 57.5 Å². The maximum atomic E-state index is 11.2. The molecule has 4 heteroatoms. The van der Waals surface area contributed by atoms with Gasteiger partial charge >= 0.3 is 0 Å². The normalized spacial score (nSPS) is 25.5. The highest BCUT2D eigenvalue weighted by Gasteiger charge is 2.36. The summed E-state index contributed by atoms with van der Waals surface area (Å²) >= 11 is 0. The average Bonchev–Trinajstić information content (AvgIpc) is 2.52. The molecule has 4 nitrogen and oxygen atoms in total. The summed E-state index contributed by atoms with van der Waals surface area (Å²) in [4.78, 5) is 13.7. The lowest BCUT2D eigenvalue weighted by molar-refractivity contribution is -0.114. The lowest BCUT2D eigenvalue weighted by Gasteiger charge is -2.46. The highest BCUT2D eigenvalue weighted by molar-refractivity contribution is 5.88. The zero-order valence-corrected chi connectivity index (χ0v) is 15.9. The summed E-state index contributed by atoms with van der Waals surface area (Å²) in [5.74, 6) is 0.761. The summed E-state index contributed by atoms with van der Waals surface area (Å²) in [6, 6.07) is 8.37. The van der Waals surface area contributed by atoms with Crippen LogP contribution < -0.4 is 10.6 Å². The van der Waals surface area contributed by atoms with E-state index in [1.807, 2.05) is 12.1 Å². The van der Waals surface area contributed by atoms with Crippen molar-refractivity contribution in [3.8, 4) is 0 Å². The van der Waals surface area contributed by atoms with E-state index in [9.17, 15) is 4.79 Å². The second kappa shape index (κ2) is 8.13. The van der Waals surface area contributed by atoms with Crippen molar-refractivity contribution >= 4 is 11.6 Å². The predicted octanol–water partition coefficient (Wildman–Crippen LogP) is 3.81. The van der Waals surface area contributed by atoms with Crippen LogP contribution in [0.2, 0.25) is 0 Å². The van der Waals surface area contributed by atoms with E-state index in [1.165, 1.54) is 31.2 Å². The van der Waals surface area contributed by atoms with Gasteiger partial charge in [0, 0.05) is 30.7 Å². The van der Waals surface area contributed by atoms with Crippen molar-refractivity contribution in [3.63, 3.8) is 0 Å². The SMILES string of the molecule is CC(=O)Nc1cccc(C(C)NCC2(N(C)C)CCCC(C)C2)c1. The van der Waals surface area contributed by atoms with Crippen molar-refractivity contribution in [1.29, 1.82) is 0 Å². The number of hydrogen-bond donors (Lipinski definition) is 2. The van der Waals surface area contributed by atoms with Crippen LogP contribution in [0.5, 0.6) is 0 Å². The van der Waals surface area contributed by atoms with Crippen LogP contribution >= 0.6 is 0 Å². The van der Waals surface area contributed by atoms with E-state index in [1.54, 1.807) is 6.92 Å². The Morgan fingerprint density at radius 1 is 1.42 bits per heavy atom. The van der Waals surface area contributed by atoms with Gasteiger partial charge in [0.15, 0.2) is 0 Å². The minimum absolute atomic E-state index is 0.0319. The molecule has 0 radical (unpaired) electrons. The minimum atomic E-state index is -0.0319. The lowest BCUT2D eigenvalue weighted by Crippen LogP contribution is -2.54. The molecule has 0 spiro atoms. The molecule has 24 heavy (non-hydrogen) atoms. The van der Waals surface area contributed by atoms with E-state index in [0.29, 0.717) is 0 Å². The number of amides is 1. The van der Waals surface area contributed by atoms with Gasteiger partial charge in [0.05, 0.1) is 0 Å². The first-order valence-corrected chi connectivity index (χ1v) is 9.11. The minimum Gasteiger partial charge on any atom is -0.326 e. The first-order valence-electron chi connectivity index (χ1n) is 9.11. The number of carbonyl (C=O) groups is 1. The lowest BCUT2D eigenvalue weighted by atomic mass is 9.75. The molecular formula is C20H33N3O. The van der Waals surface area contributed by atoms with Crippen LogP contribution in [0.25, 0.3) is 0 Å². The zero-order valence-electron chi connectivity index (χ0n) is 15.9. The van der Waals surface area contributed by atoms with E-state index >= 15 is 0 Å². The average molecular weight is 332 g/mol. The van der Waals surface area contributed by atoms with Gasteiger partial charge in [-0.15, -0.1) is 0 Å². The molecular weight excluding hydrogens is 298 g/mol. The van der Waals surface area contributed by atoms with Crippen LogP contribution in [0, 0.1) is 5.92 Å². The van der Waals surface area contributed by atoms with Gasteiger partial charge in [-0.25, -0.2) is 0 Å². The van der Waals surface area contributed by atoms with Crippen LogP contribution in [0.1, 0.15) is 58.1 Å². The van der Waals surface area contributed by atoms with Crippen molar-refractivity contribution in [2.24, 2.45) is 5.92 Å². The number of anilines is 1. The Labute approximate surface area is 147 Å². The molecule has 0 aromatic heterocycles. The van der Waals surface area contributed by atoms with Crippen molar-refractivity contribution < 1.29 is 4.79 Å². The molecule has 1 aromatic rings. The Balaban J connectivity index is 2.03. The molecule has 1 fully saturated rings. The third kappa shape index (κ3) is 4.81. The third-order valence-electron chi connectivity index (χ3n) is 5.46. The Hall–Kier alpha value is -1.39. The number of nitrogens with one attached hydrogen (secondary N) is 2. The molecule has 0 saturated heterocycles. The van der Waals surface area contributed by atoms with Crippen molar-refractivity contribution in [2.75, 3.05) is 26.0 Å². The van der Waals surface area contributed by atoms with Gasteiger partial charge < -0.3 is 15.5 Å². The standard InChI is InChI=1S/C20H33N3O/c1-15-8-7-11-20(13-15,23(4)5)14-21-16(2)18-9-6-10-19(12-18)22-17(3)24/h6,9-10,12,15-16,21H,7-8,11,13-14H2,1-5H3,(H,22,24). The first-order chi connectivity index (χ1) is 11.3. The molecule has 2 N–H and O–H groups in total. The molecule has 0 heterocycles. The molecule has 3 unspecified atom stereocenters. The Morgan fingerprint density at radius 2 is 2.17 bits per heavy atom. The van der Waals surface area contributed by atoms with Crippen LogP contribution in [0.3, 0.4) is 0 Å². The fourth-order valence-corrected chi connectivity index (χ4v) is 3.91. The number of rotatable bonds is 6. The fourth-order valence-electron chi connectivity index (χ4n) is 3.91. The Kier molecular flexibility index (Phi) is 6.41. The monoisotopic (exact) mass is 331 g/mol. The number of carbonyl (C=O) groups excluding carboxylic acids is 1. The molecule has 1 saturated carbocycles. The summed E-state index contributed by atoms with van der Waals surface area (Å²) in [7, 11) is 4.42. The predicted molar refractivity (Wildman–Crippen MR) is 101 cm³/mol. The fraction of sp³-hybridized carbons (Fsp3) is 0.650. The van der Waals surface area contributed by atoms with Crippen LogP contribution in [-0.4, -0.2) is 37.0 Å². The molecule has 1 aliphatic rings. The van der Waals surface area contributed by atoms with Crippen molar-refractivity contribution in [2.45, 2.75) is 58.0 Å². The topological polar surface area (TPSA) is 44.4 Å². The molecule has 1 aliphatic carbocycles. The third-order valence-corrected chi connectivity index (χ3v) is 5.46. The molecule has 0 aliphatic heterocycles. The van der Waals surface area contributed by atoms with Gasteiger partial charge in [0.2, 0.25) is 5.91 Å². The number of benzene rings is 1. The summed E-state index contributed by atoms with van der Waals surface area (Å²) in [5, 5.41) is 6.60. The number of hydrogen-bond acceptors (Lipinski definition) is 3. The van der Waals surface area contributed by atoms with Crippen molar-refractivity contribution in [3.05, 3.63) is 29.8 Å². The number of likely N-dealkylation sites (N-methyl/N-ethyl adjacent to an activating group) is 1. The zero-order chi connectivity index (χ0) is 17.7. The highest BCUT2D eigenvalue weighted by Crippen LogP contribution is 2.35. The smallest absolute Gasteiger partial charge is 0.221 e. The molecule has 0 bridgehead atoms. The summed E-state index contributed by atoms with van der Waals surface area (Å²) in [5.41, 5.74) is 2.32. The number of nitrogens with zero attached hydrogens (tertiary/aromatic N) is 1. The Bertz CT molecular complexity index is 558. The summed E-state index contributed by atoms with van der Waals surface area (Å²) in [6.45, 7) is 7.11. The van der Waals surface area contributed by atoms with Gasteiger partial charge in [-0.2, -0.15) is 0 Å². The molecule has 1 aromatic carbocycles. The van der Waals surface area contributed by atoms with Crippen LogP contribution in [0.15, 0.2) is 24.3 Å². The quantitative estimate of drug-likeness (QED) is 0.833. The van der Waals surface area contributed by atoms with E-state index in [4.69, 9.17) is 0 Å². The van der Waals surface area contributed by atoms with Crippen LogP contribution in [0.4, 0.5) is 5.69 Å². The highest BCUT2D eigenvalue weighted by atomic mass is 16.1. The summed E-state index contributed by atoms with van der Waals surface area (Å²) in [6.07, 6.45) is 5.18. The molecule has 134 valence electrons. The van der Waals surface area contributed by atoms with Gasteiger partial charge in [0.25, 0.3) is 0 Å². The van der Waals surface area contributed by atoms with Gasteiger partial charge in [0.1, 0.15) is 0 Å². The van der Waals surface area contributed by atoms with Crippen molar-refractivity contribution in [1.82, 2.24) is 10.2 Å². The van der Waals surface area contributed by atoms with E-state index in [2.05, 4.69) is 55.6 Å². The maximum absolute atomic E-state index is 11.2. The van der Waals surface area contributed by atoms with Gasteiger partial charge in [-0.3, -0.25) is 4.79 Å². The molecule has 2 rings (SSSR count). The largest absolute Gasteiger partial charge is 0.326 e. The summed E-state index contributed by atoms with van der Waals surface area (Å²) < 4.78 is 0. The maximum Gasteiger partial charge on any atom is 0.221 e. The van der Waals surface area contributed by atoms with Gasteiger partial charge in [-0.1, -0.05) is 31.9 Å². The van der Waals surface area contributed by atoms with Crippen LogP contribution in [-0.2, 0) is 4.79 Å². The van der Waals surface area contributed by atoms with E-state index < -0.39 is 0 Å². The second-order valence-corrected chi connectivity index (χ2v) is 7.73. The first kappa shape index (κ1) is 18.9. The van der Waals surface area contributed by atoms with E-state index in [-0.39, 0.29) is 17.5 Å². The second-order valence-electron chi connectivity index (χ2n) is 7.73. The molecule has 3 atom stereocenters. The van der Waals surface area contributed by atoms with E-state index in [0.717, 1.165) is 18.2 Å². The Morgan fingerprint density at radius 3 is 2.79 bits per heavy atom. The molecule has 1 amide bonds.